The highest BCUT2D eigenvalue weighted by atomic mass is 19.4. The van der Waals surface area contributed by atoms with Gasteiger partial charge in [-0.05, 0) is 24.6 Å². The predicted octanol–water partition coefficient (Wildman–Crippen LogP) is 3.75. The molecule has 0 fully saturated rings. The number of carbonyl (C=O) groups excluding carboxylic acids is 1. The largest absolute Gasteiger partial charge is 0.497 e. The van der Waals surface area contributed by atoms with Gasteiger partial charge in [-0.25, -0.2) is 4.68 Å². The molecule has 2 aromatic rings. The van der Waals surface area contributed by atoms with Crippen molar-refractivity contribution < 1.29 is 22.7 Å². The molecule has 24 heavy (non-hydrogen) atoms. The van der Waals surface area contributed by atoms with Crippen molar-refractivity contribution in [1.29, 1.82) is 0 Å². The predicted molar refractivity (Wildman–Crippen MR) is 81.3 cm³/mol. The Hall–Kier alpha value is -2.51. The number of benzene rings is 1. The second-order valence-electron chi connectivity index (χ2n) is 5.67. The standard InChI is InChI=1S/C16H16F3N3O2/c1-9(23)12-8-20-22-14(16(17,18)19)7-13(21-15(12)22)10-4-3-5-11(6-10)24-2/h3-6,8,13-14,21H,7H2,1-2H3. The zero-order chi connectivity index (χ0) is 17.5. The van der Waals surface area contributed by atoms with Gasteiger partial charge in [0.2, 0.25) is 0 Å². The number of halogens is 3. The number of ether oxygens (including phenoxy) is 1. The molecule has 1 aliphatic heterocycles. The number of ketones is 1. The molecule has 0 saturated heterocycles. The van der Waals surface area contributed by atoms with Crippen molar-refractivity contribution in [2.75, 3.05) is 12.4 Å². The van der Waals surface area contributed by atoms with E-state index in [2.05, 4.69) is 10.4 Å². The minimum absolute atomic E-state index is 0.101. The summed E-state index contributed by atoms with van der Waals surface area (Å²) in [7, 11) is 1.49. The van der Waals surface area contributed by atoms with Crippen LogP contribution in [0.2, 0.25) is 0 Å². The number of nitrogens with one attached hydrogen (secondary N) is 1. The molecule has 2 heterocycles. The Bertz CT molecular complexity index is 770. The molecular formula is C16H16F3N3O2. The van der Waals surface area contributed by atoms with Gasteiger partial charge in [-0.2, -0.15) is 18.3 Å². The van der Waals surface area contributed by atoms with Crippen LogP contribution in [0.4, 0.5) is 19.0 Å². The number of alkyl halides is 3. The summed E-state index contributed by atoms with van der Waals surface area (Å²) in [5.74, 6) is 0.323. The first kappa shape index (κ1) is 16.4. The second-order valence-corrected chi connectivity index (χ2v) is 5.67. The molecule has 2 atom stereocenters. The zero-order valence-corrected chi connectivity index (χ0v) is 13.1. The summed E-state index contributed by atoms with van der Waals surface area (Å²) in [6.07, 6.45) is -3.51. The number of nitrogens with zero attached hydrogens (tertiary/aromatic N) is 2. The topological polar surface area (TPSA) is 56.2 Å². The summed E-state index contributed by atoms with van der Waals surface area (Å²) < 4.78 is 46.4. The van der Waals surface area contributed by atoms with E-state index in [1.807, 2.05) is 0 Å². The van der Waals surface area contributed by atoms with Gasteiger partial charge in [-0.15, -0.1) is 0 Å². The van der Waals surface area contributed by atoms with Crippen LogP contribution in [0.15, 0.2) is 30.5 Å². The summed E-state index contributed by atoms with van der Waals surface area (Å²) in [6, 6.07) is 4.46. The Morgan fingerprint density at radius 3 is 2.79 bits per heavy atom. The van der Waals surface area contributed by atoms with Gasteiger partial charge < -0.3 is 10.1 Å². The normalized spacial score (nSPS) is 20.2. The zero-order valence-electron chi connectivity index (χ0n) is 13.1. The minimum atomic E-state index is -4.46. The maximum Gasteiger partial charge on any atom is 0.410 e. The summed E-state index contributed by atoms with van der Waals surface area (Å²) in [5.41, 5.74) is 0.808. The lowest BCUT2D eigenvalue weighted by Gasteiger charge is -2.34. The number of carbonyl (C=O) groups is 1. The number of anilines is 1. The van der Waals surface area contributed by atoms with Crippen molar-refractivity contribution in [3.63, 3.8) is 0 Å². The molecule has 1 N–H and O–H groups in total. The number of fused-ring (bicyclic) bond motifs is 1. The Kier molecular flexibility index (Phi) is 3.98. The number of rotatable bonds is 3. The molecule has 1 aromatic carbocycles. The van der Waals surface area contributed by atoms with Gasteiger partial charge in [0, 0.05) is 6.42 Å². The Morgan fingerprint density at radius 1 is 1.42 bits per heavy atom. The quantitative estimate of drug-likeness (QED) is 0.865. The van der Waals surface area contributed by atoms with Gasteiger partial charge in [0.05, 0.1) is 24.9 Å². The van der Waals surface area contributed by atoms with Crippen LogP contribution in [-0.2, 0) is 0 Å². The number of hydrogen-bond donors (Lipinski definition) is 1. The molecule has 0 aliphatic carbocycles. The lowest BCUT2D eigenvalue weighted by molar-refractivity contribution is -0.173. The van der Waals surface area contributed by atoms with Crippen LogP contribution in [0.25, 0.3) is 0 Å². The van der Waals surface area contributed by atoms with Crippen LogP contribution in [0.5, 0.6) is 5.75 Å². The third-order valence-electron chi connectivity index (χ3n) is 4.11. The fourth-order valence-corrected chi connectivity index (χ4v) is 2.90. The summed E-state index contributed by atoms with van der Waals surface area (Å²) >= 11 is 0. The molecule has 0 saturated carbocycles. The number of aromatic nitrogens is 2. The monoisotopic (exact) mass is 339 g/mol. The van der Waals surface area contributed by atoms with E-state index in [1.54, 1.807) is 24.3 Å². The summed E-state index contributed by atoms with van der Waals surface area (Å²) in [5, 5.41) is 6.80. The average Bonchev–Trinajstić information content (AvgIpc) is 2.97. The molecule has 1 aliphatic rings. The van der Waals surface area contributed by atoms with Gasteiger partial charge in [0.25, 0.3) is 0 Å². The second kappa shape index (κ2) is 5.85. The molecule has 1 aromatic heterocycles. The highest BCUT2D eigenvalue weighted by Gasteiger charge is 2.47. The van der Waals surface area contributed by atoms with E-state index in [9.17, 15) is 18.0 Å². The molecule has 3 rings (SSSR count). The SMILES string of the molecule is COc1cccc(C2CC(C(F)(F)F)n3ncc(C(C)=O)c3N2)c1. The van der Waals surface area contributed by atoms with Crippen molar-refractivity contribution in [2.45, 2.75) is 31.6 Å². The van der Waals surface area contributed by atoms with E-state index < -0.39 is 18.3 Å². The van der Waals surface area contributed by atoms with Crippen LogP contribution in [-0.4, -0.2) is 28.8 Å². The molecule has 2 unspecified atom stereocenters. The van der Waals surface area contributed by atoms with Gasteiger partial charge >= 0.3 is 6.18 Å². The fraction of sp³-hybridized carbons (Fsp3) is 0.375. The van der Waals surface area contributed by atoms with Gasteiger partial charge in [-0.1, -0.05) is 12.1 Å². The first-order chi connectivity index (χ1) is 11.3. The van der Waals surface area contributed by atoms with Crippen LogP contribution in [0, 0.1) is 0 Å². The minimum Gasteiger partial charge on any atom is -0.497 e. The molecule has 128 valence electrons. The molecule has 0 amide bonds. The summed E-state index contributed by atoms with van der Waals surface area (Å²) in [4.78, 5) is 11.7. The Labute approximate surface area is 136 Å². The molecular weight excluding hydrogens is 323 g/mol. The van der Waals surface area contributed by atoms with Gasteiger partial charge in [-0.3, -0.25) is 4.79 Å². The first-order valence-corrected chi connectivity index (χ1v) is 7.37. The van der Waals surface area contributed by atoms with Crippen molar-refractivity contribution in [1.82, 2.24) is 9.78 Å². The maximum absolute atomic E-state index is 13.5. The molecule has 0 radical (unpaired) electrons. The van der Waals surface area contributed by atoms with Gasteiger partial charge in [0.15, 0.2) is 11.8 Å². The first-order valence-electron chi connectivity index (χ1n) is 7.37. The molecule has 8 heteroatoms. The van der Waals surface area contributed by atoms with Crippen LogP contribution in [0.1, 0.15) is 41.3 Å². The summed E-state index contributed by atoms with van der Waals surface area (Å²) in [6.45, 7) is 1.30. The third kappa shape index (κ3) is 2.83. The van der Waals surface area contributed by atoms with Crippen molar-refractivity contribution in [3.05, 3.63) is 41.6 Å². The van der Waals surface area contributed by atoms with Crippen LogP contribution in [0.3, 0.4) is 0 Å². The van der Waals surface area contributed by atoms with Crippen molar-refractivity contribution in [2.24, 2.45) is 0 Å². The Morgan fingerprint density at radius 2 is 2.17 bits per heavy atom. The molecule has 0 spiro atoms. The number of hydrogen-bond acceptors (Lipinski definition) is 4. The van der Waals surface area contributed by atoms with E-state index in [0.29, 0.717) is 11.3 Å². The maximum atomic E-state index is 13.5. The highest BCUT2D eigenvalue weighted by Crippen LogP contribution is 2.44. The third-order valence-corrected chi connectivity index (χ3v) is 4.11. The van der Waals surface area contributed by atoms with E-state index in [4.69, 9.17) is 4.74 Å². The lowest BCUT2D eigenvalue weighted by Crippen LogP contribution is -2.36. The van der Waals surface area contributed by atoms with Crippen molar-refractivity contribution in [3.8, 4) is 5.75 Å². The van der Waals surface area contributed by atoms with E-state index in [0.717, 1.165) is 4.68 Å². The molecule has 0 bridgehead atoms. The fourth-order valence-electron chi connectivity index (χ4n) is 2.90. The lowest BCUT2D eigenvalue weighted by atomic mass is 9.96. The van der Waals surface area contributed by atoms with Crippen molar-refractivity contribution >= 4 is 11.6 Å². The number of Topliss-reactive ketones (excluding diaryl/α,β-unsaturated/α-hetero) is 1. The van der Waals surface area contributed by atoms with E-state index in [-0.39, 0.29) is 23.6 Å². The number of methoxy groups -OCH3 is 1. The average molecular weight is 339 g/mol. The van der Waals surface area contributed by atoms with Crippen LogP contribution < -0.4 is 10.1 Å². The van der Waals surface area contributed by atoms with E-state index >= 15 is 0 Å². The molecule has 5 nitrogen and oxygen atoms in total. The van der Waals surface area contributed by atoms with Crippen LogP contribution >= 0.6 is 0 Å². The van der Waals surface area contributed by atoms with E-state index in [1.165, 1.54) is 20.2 Å². The smallest absolute Gasteiger partial charge is 0.410 e. The highest BCUT2D eigenvalue weighted by molar-refractivity contribution is 5.98. The van der Waals surface area contributed by atoms with Gasteiger partial charge in [0.1, 0.15) is 11.6 Å². The Balaban J connectivity index is 2.05.